The Balaban J connectivity index is 1.55. The number of aromatic hydroxyl groups is 1. The predicted octanol–water partition coefficient (Wildman–Crippen LogP) is 6.48. The van der Waals surface area contributed by atoms with E-state index in [1.54, 1.807) is 32.9 Å². The Labute approximate surface area is 276 Å². The summed E-state index contributed by atoms with van der Waals surface area (Å²) in [5, 5.41) is 22.1. The first kappa shape index (κ1) is 33.2. The minimum atomic E-state index is -1.57. The molecule has 3 unspecified atom stereocenters. The van der Waals surface area contributed by atoms with Crippen LogP contribution >= 0.6 is 0 Å². The number of phenols is 1. The number of allylic oxidation sites excluding steroid dienone is 4. The van der Waals surface area contributed by atoms with Gasteiger partial charge in [0.15, 0.2) is 22.8 Å². The van der Waals surface area contributed by atoms with E-state index >= 15 is 0 Å². The zero-order chi connectivity index (χ0) is 34.3. The van der Waals surface area contributed by atoms with E-state index in [1.165, 1.54) is 0 Å². The van der Waals surface area contributed by atoms with Gasteiger partial charge in [0.2, 0.25) is 0 Å². The van der Waals surface area contributed by atoms with Crippen molar-refractivity contribution in [3.8, 4) is 17.2 Å². The summed E-state index contributed by atoms with van der Waals surface area (Å²) in [5.41, 5.74) is -3.01. The number of benzene rings is 1. The Morgan fingerprint density at radius 3 is 2.49 bits per heavy atom. The number of ether oxygens (including phenoxy) is 4. The minimum Gasteiger partial charge on any atom is -0.506 e. The van der Waals surface area contributed by atoms with Gasteiger partial charge >= 0.3 is 0 Å². The van der Waals surface area contributed by atoms with Crippen LogP contribution in [-0.4, -0.2) is 56.3 Å². The molecule has 1 aromatic rings. The molecule has 3 aliphatic heterocycles. The molecule has 3 heterocycles. The van der Waals surface area contributed by atoms with Crippen molar-refractivity contribution in [3.05, 3.63) is 57.9 Å². The van der Waals surface area contributed by atoms with Crippen molar-refractivity contribution in [1.29, 1.82) is 0 Å². The number of phenolic OH excluding ortho intramolecular Hbond substituents is 1. The Morgan fingerprint density at radius 1 is 1.11 bits per heavy atom. The molecule has 5 atom stereocenters. The third kappa shape index (κ3) is 5.00. The largest absolute Gasteiger partial charge is 0.506 e. The predicted molar refractivity (Wildman–Crippen MR) is 175 cm³/mol. The van der Waals surface area contributed by atoms with Gasteiger partial charge in [-0.05, 0) is 106 Å². The molecule has 2 fully saturated rings. The van der Waals surface area contributed by atoms with Gasteiger partial charge in [-0.1, -0.05) is 17.7 Å². The number of hydrogen-bond acceptors (Lipinski definition) is 9. The number of Topliss-reactive ketones (excluding diaryl/α,β-unsaturated/α-hetero) is 2. The van der Waals surface area contributed by atoms with Crippen molar-refractivity contribution >= 4 is 24.1 Å². The molecular formula is C38H46O9. The van der Waals surface area contributed by atoms with Crippen LogP contribution in [0.3, 0.4) is 0 Å². The lowest BCUT2D eigenvalue weighted by Crippen LogP contribution is -2.72. The summed E-state index contributed by atoms with van der Waals surface area (Å²) < 4.78 is 25.7. The number of fused-ring (bicyclic) bond motifs is 2. The van der Waals surface area contributed by atoms with Crippen LogP contribution in [0.2, 0.25) is 0 Å². The molecular weight excluding hydrogens is 600 g/mol. The number of carbonyl (C=O) groups is 3. The van der Waals surface area contributed by atoms with Crippen LogP contribution in [0.15, 0.2) is 41.2 Å². The fourth-order valence-corrected chi connectivity index (χ4v) is 8.42. The van der Waals surface area contributed by atoms with Crippen molar-refractivity contribution in [3.63, 3.8) is 0 Å². The van der Waals surface area contributed by atoms with Crippen LogP contribution in [0.4, 0.5) is 0 Å². The van der Waals surface area contributed by atoms with Crippen LogP contribution in [0.1, 0.15) is 109 Å². The number of aliphatic hydroxyl groups is 1. The Kier molecular flexibility index (Phi) is 7.72. The van der Waals surface area contributed by atoms with Crippen LogP contribution in [-0.2, 0) is 25.5 Å². The average molecular weight is 647 g/mol. The van der Waals surface area contributed by atoms with Crippen LogP contribution in [0.5, 0.6) is 17.2 Å². The Morgan fingerprint density at radius 2 is 1.83 bits per heavy atom. The number of rotatable bonds is 10. The fourth-order valence-electron chi connectivity index (χ4n) is 8.42. The fraction of sp³-hybridized carbons (Fsp3) is 0.553. The summed E-state index contributed by atoms with van der Waals surface area (Å²) in [6, 6.07) is 0. The molecule has 6 aliphatic rings. The van der Waals surface area contributed by atoms with Gasteiger partial charge in [0.25, 0.3) is 6.47 Å². The molecule has 0 amide bonds. The van der Waals surface area contributed by atoms with Gasteiger partial charge in [0.1, 0.15) is 34.2 Å². The molecule has 0 radical (unpaired) electrons. The summed E-state index contributed by atoms with van der Waals surface area (Å²) >= 11 is 0. The van der Waals surface area contributed by atoms with E-state index in [-0.39, 0.29) is 35.2 Å². The average Bonchev–Trinajstić information content (AvgIpc) is 3.12. The highest BCUT2D eigenvalue weighted by Gasteiger charge is 2.81. The van der Waals surface area contributed by atoms with Crippen molar-refractivity contribution in [2.24, 2.45) is 11.8 Å². The molecule has 47 heavy (non-hydrogen) atoms. The first-order valence-electron chi connectivity index (χ1n) is 16.5. The monoisotopic (exact) mass is 646 g/mol. The zero-order valence-electron chi connectivity index (χ0n) is 28.6. The van der Waals surface area contributed by atoms with Gasteiger partial charge < -0.3 is 29.2 Å². The molecule has 7 rings (SSSR count). The van der Waals surface area contributed by atoms with Crippen molar-refractivity contribution < 1.29 is 43.5 Å². The van der Waals surface area contributed by atoms with Gasteiger partial charge in [-0.3, -0.25) is 14.4 Å². The van der Waals surface area contributed by atoms with Gasteiger partial charge in [-0.15, -0.1) is 0 Å². The smallest absolute Gasteiger partial charge is 0.298 e. The second kappa shape index (κ2) is 10.9. The highest BCUT2D eigenvalue weighted by atomic mass is 16.6. The normalized spacial score (nSPS) is 31.3. The maximum Gasteiger partial charge on any atom is 0.298 e. The van der Waals surface area contributed by atoms with Crippen molar-refractivity contribution in [2.45, 2.75) is 122 Å². The van der Waals surface area contributed by atoms with E-state index in [9.17, 15) is 24.6 Å². The van der Waals surface area contributed by atoms with E-state index < -0.39 is 39.7 Å². The summed E-state index contributed by atoms with van der Waals surface area (Å²) in [6.07, 6.45) is 11.8. The number of ketones is 2. The first-order valence-corrected chi connectivity index (χ1v) is 16.5. The SMILES string of the molecule is CC(C)=CCc1c2c(c(O)c3c1O[C@]14C(=CC5CC1C(C)(C)OC4(C/C=C(/C)OC=O)C5=O)C3=O)C=C[C@@](C)(CCCC(C)(C)O)O2. The second-order valence-electron chi connectivity index (χ2n) is 15.4. The molecule has 252 valence electrons. The van der Waals surface area contributed by atoms with E-state index in [1.807, 2.05) is 52.8 Å². The van der Waals surface area contributed by atoms with Gasteiger partial charge in [-0.2, -0.15) is 0 Å². The number of hydrogen-bond donors (Lipinski definition) is 2. The molecule has 3 aliphatic carbocycles. The van der Waals surface area contributed by atoms with Crippen molar-refractivity contribution in [1.82, 2.24) is 0 Å². The summed E-state index contributed by atoms with van der Waals surface area (Å²) in [5.74, 6) is -0.798. The summed E-state index contributed by atoms with van der Waals surface area (Å²) in [6.45, 7) is 15.3. The molecule has 2 N–H and O–H groups in total. The van der Waals surface area contributed by atoms with E-state index in [2.05, 4.69) is 0 Å². The van der Waals surface area contributed by atoms with Crippen LogP contribution in [0.25, 0.3) is 6.08 Å². The molecule has 1 saturated carbocycles. The quantitative estimate of drug-likeness (QED) is 0.167. The highest BCUT2D eigenvalue weighted by Crippen LogP contribution is 2.68. The minimum absolute atomic E-state index is 0.0284. The van der Waals surface area contributed by atoms with Crippen LogP contribution < -0.4 is 9.47 Å². The molecule has 9 nitrogen and oxygen atoms in total. The van der Waals surface area contributed by atoms with Gasteiger partial charge in [0.05, 0.1) is 16.8 Å². The lowest BCUT2D eigenvalue weighted by atomic mass is 9.51. The van der Waals surface area contributed by atoms with Crippen molar-refractivity contribution in [2.75, 3.05) is 0 Å². The first-order chi connectivity index (χ1) is 21.9. The topological polar surface area (TPSA) is 129 Å². The standard InChI is InChI=1S/C38H46O9/c1-21(2)10-11-25-31-24(13-16-36(8,45-31)15-9-14-34(4,5)43)29(40)28-30(41)26-18-23-19-27-35(6,7)47-37(33(23)42,17-12-22(3)44-20-39)38(26,27)46-32(25)28/h10,12-13,16,18,20,23,27,40,43H,9,11,14-15,17,19H2,1-8H3/b22-12-/t23?,27?,36-,37?,38-/m1/s1. The van der Waals surface area contributed by atoms with E-state index in [0.717, 1.165) is 5.57 Å². The summed E-state index contributed by atoms with van der Waals surface area (Å²) in [7, 11) is 0. The molecule has 1 saturated heterocycles. The maximum absolute atomic E-state index is 14.7. The lowest BCUT2D eigenvalue weighted by Gasteiger charge is -2.56. The number of carbonyl (C=O) groups excluding carboxylic acids is 3. The maximum atomic E-state index is 14.7. The van der Waals surface area contributed by atoms with E-state index in [4.69, 9.17) is 18.9 Å². The highest BCUT2D eigenvalue weighted by molar-refractivity contribution is 6.19. The molecule has 4 bridgehead atoms. The lowest BCUT2D eigenvalue weighted by molar-refractivity contribution is -0.171. The Bertz CT molecular complexity index is 1680. The van der Waals surface area contributed by atoms with Gasteiger partial charge in [0, 0.05) is 29.4 Å². The third-order valence-electron chi connectivity index (χ3n) is 10.6. The molecule has 0 aromatic heterocycles. The van der Waals surface area contributed by atoms with E-state index in [0.29, 0.717) is 66.8 Å². The third-order valence-corrected chi connectivity index (χ3v) is 10.6. The Hall–Kier alpha value is -3.69. The molecule has 9 heteroatoms. The van der Waals surface area contributed by atoms with Crippen LogP contribution in [0, 0.1) is 11.8 Å². The second-order valence-corrected chi connectivity index (χ2v) is 15.4. The zero-order valence-corrected chi connectivity index (χ0v) is 28.6. The van der Waals surface area contributed by atoms with Gasteiger partial charge in [-0.25, -0.2) is 0 Å². The summed E-state index contributed by atoms with van der Waals surface area (Å²) in [4.78, 5) is 40.2. The molecule has 1 aromatic carbocycles. The molecule has 1 spiro atoms.